The van der Waals surface area contributed by atoms with Gasteiger partial charge in [0.05, 0.1) is 23.4 Å². The third-order valence-electron chi connectivity index (χ3n) is 3.56. The molecule has 0 saturated carbocycles. The molecule has 1 amide bonds. The topological polar surface area (TPSA) is 60.5 Å². The number of anilines is 1. The SMILES string of the molecule is COc1ccc2nc(NC(=O)CC[C@@H]3CCCO3)sc2c1. The minimum atomic E-state index is -0.00322. The van der Waals surface area contributed by atoms with Crippen LogP contribution in [0.5, 0.6) is 5.75 Å². The minimum absolute atomic E-state index is 0.00322. The van der Waals surface area contributed by atoms with Crippen molar-refractivity contribution in [2.45, 2.75) is 31.8 Å². The Morgan fingerprint density at radius 2 is 2.48 bits per heavy atom. The van der Waals surface area contributed by atoms with Crippen molar-refractivity contribution in [1.82, 2.24) is 4.98 Å². The second-order valence-corrected chi connectivity index (χ2v) is 6.11. The van der Waals surface area contributed by atoms with Gasteiger partial charge in [-0.25, -0.2) is 4.98 Å². The predicted molar refractivity (Wildman–Crippen MR) is 83.0 cm³/mol. The molecule has 112 valence electrons. The summed E-state index contributed by atoms with van der Waals surface area (Å²) in [6.45, 7) is 0.825. The Hall–Kier alpha value is -1.66. The van der Waals surface area contributed by atoms with Crippen LogP contribution in [-0.2, 0) is 9.53 Å². The number of rotatable bonds is 5. The van der Waals surface area contributed by atoms with Gasteiger partial charge in [-0.05, 0) is 37.5 Å². The molecule has 3 rings (SSSR count). The van der Waals surface area contributed by atoms with Gasteiger partial charge in [-0.2, -0.15) is 0 Å². The molecule has 0 unspecified atom stereocenters. The number of aromatic nitrogens is 1. The summed E-state index contributed by atoms with van der Waals surface area (Å²) < 4.78 is 11.7. The highest BCUT2D eigenvalue weighted by Crippen LogP contribution is 2.29. The fourth-order valence-electron chi connectivity index (χ4n) is 2.43. The third kappa shape index (κ3) is 3.51. The number of fused-ring (bicyclic) bond motifs is 1. The molecule has 1 saturated heterocycles. The van der Waals surface area contributed by atoms with Crippen molar-refractivity contribution < 1.29 is 14.3 Å². The van der Waals surface area contributed by atoms with Gasteiger partial charge in [-0.3, -0.25) is 4.79 Å². The Morgan fingerprint density at radius 3 is 3.24 bits per heavy atom. The van der Waals surface area contributed by atoms with Crippen LogP contribution in [0, 0.1) is 0 Å². The van der Waals surface area contributed by atoms with Crippen LogP contribution in [0.2, 0.25) is 0 Å². The van der Waals surface area contributed by atoms with Gasteiger partial charge in [-0.15, -0.1) is 0 Å². The first-order valence-corrected chi connectivity index (χ1v) is 7.92. The van der Waals surface area contributed by atoms with Crippen LogP contribution in [-0.4, -0.2) is 30.7 Å². The average molecular weight is 306 g/mol. The van der Waals surface area contributed by atoms with E-state index in [0.29, 0.717) is 11.6 Å². The van der Waals surface area contributed by atoms with Crippen LogP contribution in [0.25, 0.3) is 10.2 Å². The van der Waals surface area contributed by atoms with Crippen molar-refractivity contribution in [3.63, 3.8) is 0 Å². The van der Waals surface area contributed by atoms with Gasteiger partial charge < -0.3 is 14.8 Å². The lowest BCUT2D eigenvalue weighted by molar-refractivity contribution is -0.116. The third-order valence-corrected chi connectivity index (χ3v) is 4.49. The fourth-order valence-corrected chi connectivity index (χ4v) is 3.34. The first-order chi connectivity index (χ1) is 10.2. The van der Waals surface area contributed by atoms with E-state index in [1.165, 1.54) is 11.3 Å². The molecular formula is C15H18N2O3S. The highest BCUT2D eigenvalue weighted by molar-refractivity contribution is 7.22. The van der Waals surface area contributed by atoms with Gasteiger partial charge >= 0.3 is 0 Å². The first-order valence-electron chi connectivity index (χ1n) is 7.10. The van der Waals surface area contributed by atoms with Crippen molar-refractivity contribution in [3.8, 4) is 5.75 Å². The molecule has 0 bridgehead atoms. The van der Waals surface area contributed by atoms with E-state index in [9.17, 15) is 4.79 Å². The Morgan fingerprint density at radius 1 is 1.57 bits per heavy atom. The van der Waals surface area contributed by atoms with Gasteiger partial charge in [0.25, 0.3) is 0 Å². The summed E-state index contributed by atoms with van der Waals surface area (Å²) in [6.07, 6.45) is 3.67. The van der Waals surface area contributed by atoms with Crippen molar-refractivity contribution in [1.29, 1.82) is 0 Å². The summed E-state index contributed by atoms with van der Waals surface area (Å²) in [7, 11) is 1.63. The number of benzene rings is 1. The molecule has 1 aliphatic rings. The van der Waals surface area contributed by atoms with E-state index in [2.05, 4.69) is 10.3 Å². The zero-order valence-corrected chi connectivity index (χ0v) is 12.7. The maximum atomic E-state index is 11.9. The fraction of sp³-hybridized carbons (Fsp3) is 0.467. The highest BCUT2D eigenvalue weighted by Gasteiger charge is 2.17. The van der Waals surface area contributed by atoms with Gasteiger partial charge in [-0.1, -0.05) is 11.3 Å². The molecule has 21 heavy (non-hydrogen) atoms. The lowest BCUT2D eigenvalue weighted by Gasteiger charge is -2.07. The second kappa shape index (κ2) is 6.41. The summed E-state index contributed by atoms with van der Waals surface area (Å²) in [4.78, 5) is 16.4. The number of nitrogens with one attached hydrogen (secondary N) is 1. The van der Waals surface area contributed by atoms with E-state index >= 15 is 0 Å². The maximum Gasteiger partial charge on any atom is 0.226 e. The number of hydrogen-bond donors (Lipinski definition) is 1. The summed E-state index contributed by atoms with van der Waals surface area (Å²) in [5.41, 5.74) is 0.871. The van der Waals surface area contributed by atoms with E-state index in [4.69, 9.17) is 9.47 Å². The zero-order valence-electron chi connectivity index (χ0n) is 11.9. The van der Waals surface area contributed by atoms with E-state index in [-0.39, 0.29) is 12.0 Å². The van der Waals surface area contributed by atoms with E-state index in [0.717, 1.165) is 41.8 Å². The second-order valence-electron chi connectivity index (χ2n) is 5.07. The first kappa shape index (κ1) is 14.3. The molecule has 1 fully saturated rings. The molecule has 0 aliphatic carbocycles. The summed E-state index contributed by atoms with van der Waals surface area (Å²) in [5, 5.41) is 3.50. The highest BCUT2D eigenvalue weighted by atomic mass is 32.1. The number of hydrogen-bond acceptors (Lipinski definition) is 5. The Labute approximate surface area is 127 Å². The summed E-state index contributed by atoms with van der Waals surface area (Å²) >= 11 is 1.46. The molecule has 0 spiro atoms. The molecule has 6 heteroatoms. The zero-order chi connectivity index (χ0) is 14.7. The van der Waals surface area contributed by atoms with E-state index < -0.39 is 0 Å². The summed E-state index contributed by atoms with van der Waals surface area (Å²) in [5.74, 6) is 0.791. The number of thiazole rings is 1. The molecule has 2 aromatic rings. The molecule has 2 heterocycles. The molecule has 1 aromatic carbocycles. The van der Waals surface area contributed by atoms with Crippen molar-refractivity contribution in [2.75, 3.05) is 19.0 Å². The van der Waals surface area contributed by atoms with Crippen LogP contribution in [0.1, 0.15) is 25.7 Å². The number of methoxy groups -OCH3 is 1. The standard InChI is InChI=1S/C15H18N2O3S/c1-19-11-4-6-12-13(9-11)21-15(16-12)17-14(18)7-5-10-3-2-8-20-10/h4,6,9-10H,2-3,5,7-8H2,1H3,(H,16,17,18)/t10-/m0/s1. The molecular weight excluding hydrogens is 288 g/mol. The lowest BCUT2D eigenvalue weighted by Crippen LogP contribution is -2.15. The van der Waals surface area contributed by atoms with Crippen LogP contribution in [0.3, 0.4) is 0 Å². The van der Waals surface area contributed by atoms with Crippen LogP contribution < -0.4 is 10.1 Å². The van der Waals surface area contributed by atoms with Gasteiger partial charge in [0.1, 0.15) is 5.75 Å². The lowest BCUT2D eigenvalue weighted by atomic mass is 10.1. The number of carbonyl (C=O) groups is 1. The molecule has 1 N–H and O–H groups in total. The molecule has 1 aromatic heterocycles. The predicted octanol–water partition coefficient (Wildman–Crippen LogP) is 3.20. The Balaban J connectivity index is 1.59. The van der Waals surface area contributed by atoms with Crippen LogP contribution in [0.4, 0.5) is 5.13 Å². The molecule has 1 aliphatic heterocycles. The number of amides is 1. The Kier molecular flexibility index (Phi) is 4.36. The maximum absolute atomic E-state index is 11.9. The largest absolute Gasteiger partial charge is 0.497 e. The van der Waals surface area contributed by atoms with Crippen molar-refractivity contribution >= 4 is 32.6 Å². The smallest absolute Gasteiger partial charge is 0.226 e. The molecule has 1 atom stereocenters. The van der Waals surface area contributed by atoms with Gasteiger partial charge in [0.2, 0.25) is 5.91 Å². The molecule has 0 radical (unpaired) electrons. The average Bonchev–Trinajstić information content (AvgIpc) is 3.13. The van der Waals surface area contributed by atoms with E-state index in [1.807, 2.05) is 18.2 Å². The quantitative estimate of drug-likeness (QED) is 0.921. The van der Waals surface area contributed by atoms with Gasteiger partial charge in [0.15, 0.2) is 5.13 Å². The minimum Gasteiger partial charge on any atom is -0.497 e. The van der Waals surface area contributed by atoms with Crippen molar-refractivity contribution in [2.24, 2.45) is 0 Å². The van der Waals surface area contributed by atoms with Crippen molar-refractivity contribution in [3.05, 3.63) is 18.2 Å². The van der Waals surface area contributed by atoms with Gasteiger partial charge in [0, 0.05) is 13.0 Å². The van der Waals surface area contributed by atoms with Crippen LogP contribution >= 0.6 is 11.3 Å². The number of nitrogens with zero attached hydrogens (tertiary/aromatic N) is 1. The monoisotopic (exact) mass is 306 g/mol. The van der Waals surface area contributed by atoms with E-state index in [1.54, 1.807) is 7.11 Å². The number of carbonyl (C=O) groups excluding carboxylic acids is 1. The Bertz CT molecular complexity index is 635. The summed E-state index contributed by atoms with van der Waals surface area (Å²) in [6, 6.07) is 5.69. The van der Waals surface area contributed by atoms with Crippen LogP contribution in [0.15, 0.2) is 18.2 Å². The number of ether oxygens (including phenoxy) is 2. The molecule has 5 nitrogen and oxygen atoms in total. The normalized spacial score (nSPS) is 18.0.